The average molecular weight is 285 g/mol. The number of ether oxygens (including phenoxy) is 1. The Kier molecular flexibility index (Phi) is 7.43. The molecule has 7 heteroatoms. The maximum Gasteiger partial charge on any atom is 0.340 e. The molecule has 2 aromatic heterocycles. The molecule has 19 heavy (non-hydrogen) atoms. The number of aromatic amines is 1. The molecule has 0 aliphatic carbocycles. The van der Waals surface area contributed by atoms with Crippen molar-refractivity contribution in [2.24, 2.45) is 0 Å². The van der Waals surface area contributed by atoms with Gasteiger partial charge >= 0.3 is 5.97 Å². The van der Waals surface area contributed by atoms with E-state index in [-0.39, 0.29) is 22.6 Å². The average Bonchev–Trinajstić information content (AvgIpc) is 2.86. The van der Waals surface area contributed by atoms with Gasteiger partial charge in [0.15, 0.2) is 0 Å². The number of carbonyl (C=O) groups is 1. The molecule has 0 unspecified atom stereocenters. The number of nitrogens with two attached hydrogens (primary N) is 1. The van der Waals surface area contributed by atoms with Crippen LogP contribution in [0.4, 0.5) is 5.95 Å². The molecule has 0 aliphatic rings. The first-order valence-corrected chi connectivity index (χ1v) is 6.86. The minimum atomic E-state index is -0.529. The Morgan fingerprint density at radius 1 is 1.37 bits per heavy atom. The number of H-pyrrole nitrogens is 1. The molecule has 0 fully saturated rings. The van der Waals surface area contributed by atoms with Gasteiger partial charge in [0.05, 0.1) is 12.7 Å². The third-order valence-corrected chi connectivity index (χ3v) is 2.82. The van der Waals surface area contributed by atoms with E-state index < -0.39 is 5.97 Å². The van der Waals surface area contributed by atoms with Crippen molar-refractivity contribution in [2.45, 2.75) is 27.7 Å². The van der Waals surface area contributed by atoms with E-state index >= 15 is 0 Å². The van der Waals surface area contributed by atoms with E-state index in [0.717, 1.165) is 11.3 Å². The molecular formula is C12H19N3O3S. The lowest BCUT2D eigenvalue weighted by Gasteiger charge is -1.96. The van der Waals surface area contributed by atoms with Crippen LogP contribution in [0.1, 0.15) is 38.1 Å². The predicted octanol–water partition coefficient (Wildman–Crippen LogP) is 2.41. The number of rotatable bonds is 1. The first-order chi connectivity index (χ1) is 9.13. The molecule has 3 N–H and O–H groups in total. The highest BCUT2D eigenvalue weighted by Crippen LogP contribution is 2.21. The second-order valence-electron chi connectivity index (χ2n) is 2.77. The second kappa shape index (κ2) is 8.25. The maximum absolute atomic E-state index is 11.4. The molecule has 6 nitrogen and oxygen atoms in total. The predicted molar refractivity (Wildman–Crippen MR) is 78.7 cm³/mol. The number of nitrogen functional groups attached to an aromatic ring is 1. The fourth-order valence-electron chi connectivity index (χ4n) is 1.20. The number of nitrogens with one attached hydrogen (secondary N) is 1. The molecule has 2 aromatic rings. The van der Waals surface area contributed by atoms with E-state index in [1.54, 1.807) is 0 Å². The number of hydrogen-bond donors (Lipinski definition) is 2. The molecule has 0 radical (unpaired) electrons. The van der Waals surface area contributed by atoms with Crippen molar-refractivity contribution in [3.8, 4) is 0 Å². The standard InChI is InChI=1S/C8H7N3O3S.2C2H6/c1-14-7(13)3-2-15-5-4(3)10-8(9)11-6(5)12;2*1-2/h2H,1H3,(H3,9,10,11,12);2*1-2H3. The van der Waals surface area contributed by atoms with Gasteiger partial charge in [-0.3, -0.25) is 9.78 Å². The van der Waals surface area contributed by atoms with Crippen molar-refractivity contribution in [1.82, 2.24) is 9.97 Å². The quantitative estimate of drug-likeness (QED) is 0.784. The van der Waals surface area contributed by atoms with Crippen molar-refractivity contribution in [3.05, 3.63) is 21.3 Å². The number of nitrogens with zero attached hydrogens (tertiary/aromatic N) is 1. The van der Waals surface area contributed by atoms with Gasteiger partial charge in [-0.1, -0.05) is 27.7 Å². The normalized spacial score (nSPS) is 8.89. The zero-order chi connectivity index (χ0) is 15.0. The molecule has 0 saturated carbocycles. The summed E-state index contributed by atoms with van der Waals surface area (Å²) < 4.78 is 4.92. The topological polar surface area (TPSA) is 98.1 Å². The van der Waals surface area contributed by atoms with Crippen molar-refractivity contribution in [1.29, 1.82) is 0 Å². The molecule has 0 aromatic carbocycles. The second-order valence-corrected chi connectivity index (χ2v) is 3.65. The summed E-state index contributed by atoms with van der Waals surface area (Å²) in [5, 5.41) is 1.53. The van der Waals surface area contributed by atoms with Crippen LogP contribution in [0.5, 0.6) is 0 Å². The van der Waals surface area contributed by atoms with Crippen molar-refractivity contribution in [3.63, 3.8) is 0 Å². The SMILES string of the molecule is CC.CC.COC(=O)c1csc2c(=O)[nH]c(N)nc12. The highest BCUT2D eigenvalue weighted by atomic mass is 32.1. The Balaban J connectivity index is 0.000000741. The number of aromatic nitrogens is 2. The fraction of sp³-hybridized carbons (Fsp3) is 0.417. The van der Waals surface area contributed by atoms with Crippen LogP contribution >= 0.6 is 11.3 Å². The summed E-state index contributed by atoms with van der Waals surface area (Å²) >= 11 is 1.13. The van der Waals surface area contributed by atoms with Gasteiger partial charge in [-0.2, -0.15) is 0 Å². The zero-order valence-corrected chi connectivity index (χ0v) is 12.6. The Bertz CT molecular complexity index is 589. The third kappa shape index (κ3) is 3.78. The summed E-state index contributed by atoms with van der Waals surface area (Å²) in [6.07, 6.45) is 0. The summed E-state index contributed by atoms with van der Waals surface area (Å²) in [5.74, 6) is -0.546. The van der Waals surface area contributed by atoms with Crippen LogP contribution in [0.2, 0.25) is 0 Å². The number of esters is 1. The third-order valence-electron chi connectivity index (χ3n) is 1.85. The minimum Gasteiger partial charge on any atom is -0.465 e. The highest BCUT2D eigenvalue weighted by molar-refractivity contribution is 7.17. The Labute approximate surface area is 115 Å². The van der Waals surface area contributed by atoms with E-state index in [1.807, 2.05) is 27.7 Å². The molecule has 2 heterocycles. The summed E-state index contributed by atoms with van der Waals surface area (Å²) in [5.41, 5.74) is 5.58. The van der Waals surface area contributed by atoms with Crippen molar-refractivity contribution in [2.75, 3.05) is 12.8 Å². The molecule has 0 amide bonds. The largest absolute Gasteiger partial charge is 0.465 e. The van der Waals surface area contributed by atoms with Crippen LogP contribution in [-0.2, 0) is 4.74 Å². The molecule has 0 saturated heterocycles. The fourth-order valence-corrected chi connectivity index (χ4v) is 2.07. The van der Waals surface area contributed by atoms with E-state index in [4.69, 9.17) is 5.73 Å². The van der Waals surface area contributed by atoms with Crippen LogP contribution in [0.15, 0.2) is 10.2 Å². The lowest BCUT2D eigenvalue weighted by molar-refractivity contribution is 0.0603. The summed E-state index contributed by atoms with van der Waals surface area (Å²) in [6, 6.07) is 0. The van der Waals surface area contributed by atoms with Gasteiger partial charge in [0.2, 0.25) is 5.95 Å². The van der Waals surface area contributed by atoms with E-state index in [0.29, 0.717) is 4.70 Å². The summed E-state index contributed by atoms with van der Waals surface area (Å²) in [6.45, 7) is 8.00. The summed E-state index contributed by atoms with van der Waals surface area (Å²) in [4.78, 5) is 29.0. The van der Waals surface area contributed by atoms with Gasteiger partial charge < -0.3 is 10.5 Å². The molecule has 0 aliphatic heterocycles. The monoisotopic (exact) mass is 285 g/mol. The molecule has 2 rings (SSSR count). The lowest BCUT2D eigenvalue weighted by atomic mass is 10.3. The van der Waals surface area contributed by atoms with E-state index in [9.17, 15) is 9.59 Å². The Hall–Kier alpha value is -1.89. The smallest absolute Gasteiger partial charge is 0.340 e. The first kappa shape index (κ1) is 17.1. The minimum absolute atomic E-state index is 0.0175. The molecule has 0 spiro atoms. The Morgan fingerprint density at radius 3 is 2.47 bits per heavy atom. The van der Waals surface area contributed by atoms with Crippen molar-refractivity contribution < 1.29 is 9.53 Å². The first-order valence-electron chi connectivity index (χ1n) is 5.99. The molecule has 0 atom stereocenters. The highest BCUT2D eigenvalue weighted by Gasteiger charge is 2.16. The number of carbonyl (C=O) groups excluding carboxylic acids is 1. The van der Waals surface area contributed by atoms with Gasteiger partial charge in [-0.15, -0.1) is 11.3 Å². The number of fused-ring (bicyclic) bond motifs is 1. The maximum atomic E-state index is 11.4. The van der Waals surface area contributed by atoms with E-state index in [1.165, 1.54) is 12.5 Å². The van der Waals surface area contributed by atoms with Crippen LogP contribution in [-0.4, -0.2) is 23.0 Å². The number of hydrogen-bond acceptors (Lipinski definition) is 6. The Morgan fingerprint density at radius 2 is 1.95 bits per heavy atom. The van der Waals surface area contributed by atoms with Crippen LogP contribution in [0.3, 0.4) is 0 Å². The molecule has 0 bridgehead atoms. The van der Waals surface area contributed by atoms with E-state index in [2.05, 4.69) is 14.7 Å². The number of anilines is 1. The van der Waals surface area contributed by atoms with Crippen molar-refractivity contribution >= 4 is 33.5 Å². The van der Waals surface area contributed by atoms with Gasteiger partial charge in [0.1, 0.15) is 10.2 Å². The number of thiophene rings is 1. The molecule has 106 valence electrons. The van der Waals surface area contributed by atoms with Gasteiger partial charge in [-0.25, -0.2) is 9.78 Å². The van der Waals surface area contributed by atoms with Crippen LogP contribution in [0, 0.1) is 0 Å². The molecular weight excluding hydrogens is 266 g/mol. The van der Waals surface area contributed by atoms with Gasteiger partial charge in [-0.05, 0) is 0 Å². The lowest BCUT2D eigenvalue weighted by Crippen LogP contribution is -2.11. The number of methoxy groups -OCH3 is 1. The van der Waals surface area contributed by atoms with Gasteiger partial charge in [0, 0.05) is 5.38 Å². The zero-order valence-electron chi connectivity index (χ0n) is 11.7. The van der Waals surface area contributed by atoms with Crippen LogP contribution in [0.25, 0.3) is 10.2 Å². The van der Waals surface area contributed by atoms with Gasteiger partial charge in [0.25, 0.3) is 5.56 Å². The van der Waals surface area contributed by atoms with Crippen LogP contribution < -0.4 is 11.3 Å². The summed E-state index contributed by atoms with van der Waals surface area (Å²) in [7, 11) is 1.27.